The molecule has 0 unspecified atom stereocenters. The average molecular weight is 578 g/mol. The summed E-state index contributed by atoms with van der Waals surface area (Å²) >= 11 is 0. The van der Waals surface area contributed by atoms with Crippen LogP contribution < -0.4 is 15.1 Å². The molecule has 0 aliphatic carbocycles. The summed E-state index contributed by atoms with van der Waals surface area (Å²) in [5.41, 5.74) is 1.23. The third-order valence-electron chi connectivity index (χ3n) is 6.23. The molecule has 0 bridgehead atoms. The van der Waals surface area contributed by atoms with Crippen LogP contribution in [0.2, 0.25) is 0 Å². The van der Waals surface area contributed by atoms with Crippen LogP contribution in [-0.4, -0.2) is 92.1 Å². The minimum Gasteiger partial charge on any atom is -0.368 e. The third kappa shape index (κ3) is 6.97. The number of piperazine rings is 2. The Morgan fingerprint density at radius 2 is 1.53 bits per heavy atom. The summed E-state index contributed by atoms with van der Waals surface area (Å²) in [6, 6.07) is 16.4. The molecule has 0 radical (unpaired) electrons. The first-order chi connectivity index (χ1) is 16.2. The number of benzene rings is 1. The van der Waals surface area contributed by atoms with Crippen LogP contribution in [0.1, 0.15) is 13.3 Å². The lowest BCUT2D eigenvalue weighted by Crippen LogP contribution is -2.53. The predicted octanol–water partition coefficient (Wildman–Crippen LogP) is 2.53. The Morgan fingerprint density at radius 1 is 0.882 bits per heavy atom. The summed E-state index contributed by atoms with van der Waals surface area (Å²) in [6.45, 7) is 10.3. The van der Waals surface area contributed by atoms with E-state index < -0.39 is 0 Å². The zero-order valence-corrected chi connectivity index (χ0v) is 22.3. The maximum Gasteiger partial charge on any atom is 0.224 e. The zero-order valence-electron chi connectivity index (χ0n) is 20.0. The topological polar surface area (TPSA) is 67.3 Å². The lowest BCUT2D eigenvalue weighted by molar-refractivity contribution is -0.131. The second-order valence-corrected chi connectivity index (χ2v) is 8.35. The number of nitrogens with one attached hydrogen (secondary N) is 1. The molecule has 34 heavy (non-hydrogen) atoms. The van der Waals surface area contributed by atoms with Gasteiger partial charge in [0.05, 0.1) is 6.54 Å². The molecule has 1 aromatic carbocycles. The Balaban J connectivity index is 0.00000324. The first-order valence-corrected chi connectivity index (χ1v) is 12.0. The molecule has 8 nitrogen and oxygen atoms in total. The van der Waals surface area contributed by atoms with Crippen molar-refractivity contribution in [2.24, 2.45) is 4.99 Å². The van der Waals surface area contributed by atoms with Crippen molar-refractivity contribution in [1.82, 2.24) is 20.1 Å². The van der Waals surface area contributed by atoms with Gasteiger partial charge >= 0.3 is 0 Å². The summed E-state index contributed by atoms with van der Waals surface area (Å²) in [7, 11) is 0. The molecule has 4 rings (SSSR count). The van der Waals surface area contributed by atoms with Crippen LogP contribution >= 0.6 is 24.0 Å². The predicted molar refractivity (Wildman–Crippen MR) is 149 cm³/mol. The number of aromatic nitrogens is 1. The average Bonchev–Trinajstić information content (AvgIpc) is 2.89. The number of nitrogens with zero attached hydrogens (tertiary/aromatic N) is 6. The van der Waals surface area contributed by atoms with E-state index in [0.717, 1.165) is 70.7 Å². The van der Waals surface area contributed by atoms with Crippen molar-refractivity contribution < 1.29 is 4.79 Å². The van der Waals surface area contributed by atoms with Gasteiger partial charge in [0, 0.05) is 77.2 Å². The molecule has 1 aromatic heterocycles. The van der Waals surface area contributed by atoms with Crippen LogP contribution in [0.25, 0.3) is 0 Å². The summed E-state index contributed by atoms with van der Waals surface area (Å²) in [5, 5.41) is 3.39. The van der Waals surface area contributed by atoms with Crippen LogP contribution in [0.5, 0.6) is 0 Å². The molecule has 2 aliphatic rings. The number of amides is 1. The molecule has 2 aromatic rings. The van der Waals surface area contributed by atoms with Crippen LogP contribution in [0.4, 0.5) is 11.5 Å². The minimum absolute atomic E-state index is 0. The molecule has 2 aliphatic heterocycles. The van der Waals surface area contributed by atoms with Gasteiger partial charge < -0.3 is 24.9 Å². The van der Waals surface area contributed by atoms with Crippen molar-refractivity contribution >= 4 is 47.3 Å². The minimum atomic E-state index is 0. The number of hydrogen-bond donors (Lipinski definition) is 1. The highest BCUT2D eigenvalue weighted by atomic mass is 127. The smallest absolute Gasteiger partial charge is 0.224 e. The Labute approximate surface area is 220 Å². The van der Waals surface area contributed by atoms with Crippen LogP contribution in [0.3, 0.4) is 0 Å². The number of carbonyl (C=O) groups excluding carboxylic acids is 1. The maximum atomic E-state index is 12.7. The molecule has 0 atom stereocenters. The first-order valence-electron chi connectivity index (χ1n) is 12.0. The number of aliphatic imine (C=N–C) groups is 1. The highest BCUT2D eigenvalue weighted by Gasteiger charge is 2.22. The fraction of sp³-hybridized carbons (Fsp3) is 0.480. The molecule has 0 spiro atoms. The first kappa shape index (κ1) is 26.1. The molecule has 0 saturated carbocycles. The highest BCUT2D eigenvalue weighted by Crippen LogP contribution is 2.16. The van der Waals surface area contributed by atoms with Gasteiger partial charge in [-0.3, -0.25) is 9.79 Å². The molecule has 1 amide bonds. The van der Waals surface area contributed by atoms with Crippen molar-refractivity contribution in [3.05, 3.63) is 54.7 Å². The van der Waals surface area contributed by atoms with E-state index in [1.165, 1.54) is 5.69 Å². The van der Waals surface area contributed by atoms with Crippen molar-refractivity contribution in [1.29, 1.82) is 0 Å². The van der Waals surface area contributed by atoms with Gasteiger partial charge in [-0.1, -0.05) is 24.3 Å². The van der Waals surface area contributed by atoms with Crippen LogP contribution in [-0.2, 0) is 4.79 Å². The fourth-order valence-electron chi connectivity index (χ4n) is 4.38. The number of para-hydroxylation sites is 1. The number of guanidine groups is 1. The number of halogens is 1. The van der Waals surface area contributed by atoms with Gasteiger partial charge in [0.1, 0.15) is 5.82 Å². The molecular formula is C25H36IN7O. The van der Waals surface area contributed by atoms with Gasteiger partial charge in [-0.2, -0.15) is 0 Å². The molecule has 1 N–H and O–H groups in total. The van der Waals surface area contributed by atoms with Gasteiger partial charge in [-0.15, -0.1) is 24.0 Å². The van der Waals surface area contributed by atoms with Gasteiger partial charge in [0.15, 0.2) is 5.96 Å². The van der Waals surface area contributed by atoms with Gasteiger partial charge in [-0.05, 0) is 31.2 Å². The van der Waals surface area contributed by atoms with Crippen molar-refractivity contribution in [2.45, 2.75) is 13.3 Å². The standard InChI is InChI=1S/C25H35N7O.HI/c1-2-26-25(32-20-16-30(17-21-32)23-10-6-7-12-27-23)28-13-11-24(33)31-18-14-29(15-19-31)22-8-4-3-5-9-22;/h3-10,12H,2,11,13-21H2,1H3,(H,26,28);1H. The van der Waals surface area contributed by atoms with E-state index in [0.29, 0.717) is 13.0 Å². The van der Waals surface area contributed by atoms with E-state index in [1.54, 1.807) is 0 Å². The van der Waals surface area contributed by atoms with E-state index in [-0.39, 0.29) is 29.9 Å². The van der Waals surface area contributed by atoms with Gasteiger partial charge in [0.2, 0.25) is 5.91 Å². The third-order valence-corrected chi connectivity index (χ3v) is 6.23. The number of pyridine rings is 1. The Bertz CT molecular complexity index is 896. The van der Waals surface area contributed by atoms with Crippen LogP contribution in [0.15, 0.2) is 59.7 Å². The number of carbonyl (C=O) groups is 1. The zero-order chi connectivity index (χ0) is 22.9. The number of anilines is 2. The van der Waals surface area contributed by atoms with E-state index in [2.05, 4.69) is 62.3 Å². The molecule has 2 fully saturated rings. The van der Waals surface area contributed by atoms with Crippen molar-refractivity contribution in [2.75, 3.05) is 75.2 Å². The van der Waals surface area contributed by atoms with Crippen molar-refractivity contribution in [3.8, 4) is 0 Å². The Hall–Kier alpha value is -2.56. The fourth-order valence-corrected chi connectivity index (χ4v) is 4.38. The maximum absolute atomic E-state index is 12.7. The molecule has 9 heteroatoms. The SMILES string of the molecule is CCNC(=NCCC(=O)N1CCN(c2ccccc2)CC1)N1CCN(c2ccccn2)CC1.I. The quantitative estimate of drug-likeness (QED) is 0.324. The summed E-state index contributed by atoms with van der Waals surface area (Å²) in [6.07, 6.45) is 2.29. The second kappa shape index (κ2) is 13.4. The Morgan fingerprint density at radius 3 is 2.18 bits per heavy atom. The van der Waals surface area contributed by atoms with Crippen LogP contribution in [0, 0.1) is 0 Å². The Kier molecular flexibility index (Phi) is 10.2. The number of hydrogen-bond acceptors (Lipinski definition) is 5. The van der Waals surface area contributed by atoms with Gasteiger partial charge in [0.25, 0.3) is 0 Å². The second-order valence-electron chi connectivity index (χ2n) is 8.35. The monoisotopic (exact) mass is 577 g/mol. The van der Waals surface area contributed by atoms with E-state index >= 15 is 0 Å². The van der Waals surface area contributed by atoms with Gasteiger partial charge in [-0.25, -0.2) is 4.98 Å². The van der Waals surface area contributed by atoms with E-state index in [1.807, 2.05) is 29.3 Å². The largest absolute Gasteiger partial charge is 0.368 e. The highest BCUT2D eigenvalue weighted by molar-refractivity contribution is 14.0. The lowest BCUT2D eigenvalue weighted by atomic mass is 10.2. The van der Waals surface area contributed by atoms with E-state index in [9.17, 15) is 4.79 Å². The molecule has 3 heterocycles. The van der Waals surface area contributed by atoms with E-state index in [4.69, 9.17) is 4.99 Å². The normalized spacial score (nSPS) is 16.8. The molecule has 2 saturated heterocycles. The summed E-state index contributed by atoms with van der Waals surface area (Å²) in [4.78, 5) is 30.9. The lowest BCUT2D eigenvalue weighted by Gasteiger charge is -2.37. The molecular weight excluding hydrogens is 541 g/mol. The summed E-state index contributed by atoms with van der Waals surface area (Å²) in [5.74, 6) is 2.12. The number of rotatable bonds is 6. The van der Waals surface area contributed by atoms with Crippen molar-refractivity contribution in [3.63, 3.8) is 0 Å². The molecule has 184 valence electrons. The summed E-state index contributed by atoms with van der Waals surface area (Å²) < 4.78 is 0.